The lowest BCUT2D eigenvalue weighted by atomic mass is 9.98. The third-order valence-electron chi connectivity index (χ3n) is 11.7. The molecule has 0 unspecified atom stereocenters. The number of methoxy groups -OCH3 is 2. The number of carbonyl (C=O) groups is 4. The standard InChI is InChI=1S/C44H52F2N8O6/c1-21(2)37(51-43(57)59-7)41(55)53-19-23(5)13-35(53)39-47-31-11-9-25(15-33(31)49-39)27-17-30(46)28(18-29(27)45)26-10-12-32-34(16-26)50-40(48-32)36-14-24(6)20-54(36)42(56)38(22(3)4)52-44(58)60-8/h9-12,15-18,21-24,35-38H,13-14,19-20H2,1-8H3,(H,47,49)(H,48,50)(H,51,57)(H,52,58)/t23-,24-,35-,36-,37-,38-/m0/s1. The molecule has 318 valence electrons. The Kier molecular flexibility index (Phi) is 11.8. The number of carbonyl (C=O) groups excluding carboxylic acids is 4. The molecular weight excluding hydrogens is 775 g/mol. The van der Waals surface area contributed by atoms with Crippen molar-refractivity contribution in [1.82, 2.24) is 40.4 Å². The van der Waals surface area contributed by atoms with Gasteiger partial charge in [0.2, 0.25) is 11.8 Å². The summed E-state index contributed by atoms with van der Waals surface area (Å²) in [5, 5.41) is 5.33. The molecule has 4 heterocycles. The first kappa shape index (κ1) is 42.1. The summed E-state index contributed by atoms with van der Waals surface area (Å²) in [6.45, 7) is 12.5. The number of likely N-dealkylation sites (tertiary alicyclic amines) is 2. The van der Waals surface area contributed by atoms with Crippen molar-refractivity contribution >= 4 is 46.1 Å². The van der Waals surface area contributed by atoms with E-state index in [1.807, 2.05) is 27.7 Å². The lowest BCUT2D eigenvalue weighted by Gasteiger charge is -2.30. The highest BCUT2D eigenvalue weighted by Crippen LogP contribution is 2.39. The molecule has 0 radical (unpaired) electrons. The molecule has 4 N–H and O–H groups in total. The van der Waals surface area contributed by atoms with E-state index in [0.29, 0.717) is 70.8 Å². The maximum atomic E-state index is 16.0. The van der Waals surface area contributed by atoms with Crippen LogP contribution in [0.25, 0.3) is 44.3 Å². The number of nitrogens with zero attached hydrogens (tertiary/aromatic N) is 4. The number of aromatic amines is 2. The van der Waals surface area contributed by atoms with Crippen LogP contribution in [0.15, 0.2) is 48.5 Å². The number of H-pyrrole nitrogens is 2. The second-order valence-corrected chi connectivity index (χ2v) is 16.9. The van der Waals surface area contributed by atoms with Crippen LogP contribution in [0, 0.1) is 35.3 Å². The zero-order valence-corrected chi connectivity index (χ0v) is 35.1. The van der Waals surface area contributed by atoms with E-state index in [-0.39, 0.29) is 58.7 Å². The summed E-state index contributed by atoms with van der Waals surface area (Å²) >= 11 is 0. The monoisotopic (exact) mass is 826 g/mol. The molecule has 0 bridgehead atoms. The topological polar surface area (TPSA) is 175 Å². The molecule has 2 saturated heterocycles. The predicted octanol–water partition coefficient (Wildman–Crippen LogP) is 7.63. The molecule has 6 atom stereocenters. The fraction of sp³-hybridized carbons (Fsp3) is 0.455. The molecule has 4 amide bonds. The smallest absolute Gasteiger partial charge is 0.407 e. The fourth-order valence-corrected chi connectivity index (χ4v) is 8.55. The Morgan fingerprint density at radius 2 is 1.05 bits per heavy atom. The third-order valence-corrected chi connectivity index (χ3v) is 11.7. The van der Waals surface area contributed by atoms with Gasteiger partial charge in [-0.25, -0.2) is 28.3 Å². The number of halogens is 2. The van der Waals surface area contributed by atoms with Crippen LogP contribution in [0.5, 0.6) is 0 Å². The average molecular weight is 827 g/mol. The molecule has 0 saturated carbocycles. The van der Waals surface area contributed by atoms with Gasteiger partial charge < -0.3 is 39.9 Å². The van der Waals surface area contributed by atoms with Gasteiger partial charge in [-0.15, -0.1) is 0 Å². The Labute approximate surface area is 346 Å². The Morgan fingerprint density at radius 3 is 1.40 bits per heavy atom. The van der Waals surface area contributed by atoms with Crippen LogP contribution in [0.4, 0.5) is 18.4 Å². The number of amides is 4. The summed E-state index contributed by atoms with van der Waals surface area (Å²) in [6, 6.07) is 10.3. The normalized spacial score (nSPS) is 20.3. The van der Waals surface area contributed by atoms with Crippen molar-refractivity contribution in [2.45, 2.75) is 78.6 Å². The van der Waals surface area contributed by atoms with Crippen LogP contribution in [0.3, 0.4) is 0 Å². The van der Waals surface area contributed by atoms with Gasteiger partial charge in [-0.2, -0.15) is 0 Å². The fourth-order valence-electron chi connectivity index (χ4n) is 8.55. The van der Waals surface area contributed by atoms with Crippen LogP contribution in [0.2, 0.25) is 0 Å². The SMILES string of the molecule is COC(=O)N[C@H](C(=O)N1C[C@@H](C)C[C@H]1c1nc2ccc(-c3cc(F)c(-c4ccc5nc([C@@H]6C[C@H](C)CN6C(=O)[C@@H](NC(=O)OC)C(C)C)[nH]c5c4)cc3F)cc2[nH]1)C(C)C. The highest BCUT2D eigenvalue weighted by atomic mass is 19.1. The van der Waals surface area contributed by atoms with Crippen LogP contribution >= 0.6 is 0 Å². The number of alkyl carbamates (subject to hydrolysis) is 2. The molecule has 5 aromatic rings. The van der Waals surface area contributed by atoms with E-state index in [9.17, 15) is 19.2 Å². The first-order valence-corrected chi connectivity index (χ1v) is 20.4. The zero-order chi connectivity index (χ0) is 43.2. The van der Waals surface area contributed by atoms with E-state index >= 15 is 8.78 Å². The van der Waals surface area contributed by atoms with Crippen LogP contribution in [-0.2, 0) is 19.1 Å². The van der Waals surface area contributed by atoms with E-state index in [1.54, 1.807) is 46.2 Å². The van der Waals surface area contributed by atoms with Gasteiger partial charge in [0.15, 0.2) is 0 Å². The highest BCUT2D eigenvalue weighted by molar-refractivity contribution is 5.89. The van der Waals surface area contributed by atoms with E-state index in [1.165, 1.54) is 26.4 Å². The molecule has 14 nitrogen and oxygen atoms in total. The van der Waals surface area contributed by atoms with E-state index in [2.05, 4.69) is 34.4 Å². The second-order valence-electron chi connectivity index (χ2n) is 16.9. The lowest BCUT2D eigenvalue weighted by Crippen LogP contribution is -2.51. The van der Waals surface area contributed by atoms with Crippen molar-refractivity contribution in [1.29, 1.82) is 0 Å². The number of rotatable bonds is 10. The number of hydrogen-bond donors (Lipinski definition) is 4. The quantitative estimate of drug-likeness (QED) is 0.111. The molecule has 0 spiro atoms. The van der Waals surface area contributed by atoms with Gasteiger partial charge in [0.1, 0.15) is 35.4 Å². The van der Waals surface area contributed by atoms with Crippen molar-refractivity contribution in [2.24, 2.45) is 23.7 Å². The van der Waals surface area contributed by atoms with Crippen LogP contribution in [-0.4, -0.2) is 93.1 Å². The molecular formula is C44H52F2N8O6. The number of fused-ring (bicyclic) bond motifs is 2. The number of benzene rings is 3. The van der Waals surface area contributed by atoms with Crippen LogP contribution < -0.4 is 10.6 Å². The van der Waals surface area contributed by atoms with Crippen molar-refractivity contribution in [3.63, 3.8) is 0 Å². The van der Waals surface area contributed by atoms with Gasteiger partial charge >= 0.3 is 12.2 Å². The predicted molar refractivity (Wildman–Crippen MR) is 221 cm³/mol. The molecule has 16 heteroatoms. The summed E-state index contributed by atoms with van der Waals surface area (Å²) in [4.78, 5) is 71.3. The molecule has 0 aliphatic carbocycles. The Morgan fingerprint density at radius 1 is 0.667 bits per heavy atom. The van der Waals surface area contributed by atoms with E-state index in [0.717, 1.165) is 0 Å². The first-order valence-electron chi connectivity index (χ1n) is 20.4. The third kappa shape index (κ3) is 8.23. The van der Waals surface area contributed by atoms with Crippen molar-refractivity contribution in [2.75, 3.05) is 27.3 Å². The van der Waals surface area contributed by atoms with Gasteiger partial charge in [-0.3, -0.25) is 9.59 Å². The second kappa shape index (κ2) is 16.9. The summed E-state index contributed by atoms with van der Waals surface area (Å²) in [6.07, 6.45) is -0.0586. The van der Waals surface area contributed by atoms with Gasteiger partial charge in [0.05, 0.1) is 48.4 Å². The summed E-state index contributed by atoms with van der Waals surface area (Å²) in [7, 11) is 2.51. The van der Waals surface area contributed by atoms with Gasteiger partial charge in [0, 0.05) is 24.2 Å². The van der Waals surface area contributed by atoms with Crippen molar-refractivity contribution < 1.29 is 37.4 Å². The number of nitrogens with one attached hydrogen (secondary N) is 4. The molecule has 3 aromatic carbocycles. The Bertz CT molecular complexity index is 2280. The van der Waals surface area contributed by atoms with Gasteiger partial charge in [-0.05, 0) is 84.0 Å². The molecule has 2 aliphatic heterocycles. The molecule has 7 rings (SSSR count). The summed E-state index contributed by atoms with van der Waals surface area (Å²) < 4.78 is 41.6. The average Bonchev–Trinajstić information content (AvgIpc) is 4.02. The number of hydrogen-bond acceptors (Lipinski definition) is 8. The minimum absolute atomic E-state index is 0.0701. The first-order chi connectivity index (χ1) is 28.6. The van der Waals surface area contributed by atoms with E-state index < -0.39 is 35.9 Å². The Hall–Kier alpha value is -6.06. The molecule has 2 fully saturated rings. The number of ether oxygens (including phenoxy) is 2. The molecule has 60 heavy (non-hydrogen) atoms. The zero-order valence-electron chi connectivity index (χ0n) is 35.1. The minimum atomic E-state index is -0.785. The summed E-state index contributed by atoms with van der Waals surface area (Å²) in [5.41, 5.74) is 3.44. The van der Waals surface area contributed by atoms with E-state index in [4.69, 9.17) is 19.4 Å². The largest absolute Gasteiger partial charge is 0.453 e. The number of imidazole rings is 2. The van der Waals surface area contributed by atoms with Crippen molar-refractivity contribution in [3.8, 4) is 22.3 Å². The maximum Gasteiger partial charge on any atom is 0.407 e. The molecule has 2 aliphatic rings. The van der Waals surface area contributed by atoms with Crippen molar-refractivity contribution in [3.05, 3.63) is 71.8 Å². The lowest BCUT2D eigenvalue weighted by molar-refractivity contribution is -0.136. The maximum absolute atomic E-state index is 16.0. The van der Waals surface area contributed by atoms with Gasteiger partial charge in [0.25, 0.3) is 0 Å². The van der Waals surface area contributed by atoms with Gasteiger partial charge in [-0.1, -0.05) is 53.7 Å². The molecule has 2 aromatic heterocycles. The van der Waals surface area contributed by atoms with Crippen LogP contribution in [0.1, 0.15) is 78.1 Å². The minimum Gasteiger partial charge on any atom is -0.453 e. The highest BCUT2D eigenvalue weighted by Gasteiger charge is 2.42. The Balaban J connectivity index is 1.13. The number of aromatic nitrogens is 4. The summed E-state index contributed by atoms with van der Waals surface area (Å²) in [5.74, 6) is -0.590.